The minimum atomic E-state index is -0.407. The van der Waals surface area contributed by atoms with Gasteiger partial charge in [0.15, 0.2) is 0 Å². The number of fused-ring (bicyclic) bond motifs is 1. The fourth-order valence-electron chi connectivity index (χ4n) is 3.25. The van der Waals surface area contributed by atoms with Gasteiger partial charge in [0.2, 0.25) is 5.91 Å². The standard InChI is InChI=1S/C22H25N3O2/c1-14-10-17-12-18(21(26)24-19(17)11-15(14)2)13-23-22(27)20(25(3)4)16-8-6-5-7-9-16/h5-12,20H,13H2,1-4H3,(H,23,27)(H,24,26). The van der Waals surface area contributed by atoms with Crippen molar-refractivity contribution < 1.29 is 4.79 Å². The Kier molecular flexibility index (Phi) is 5.42. The molecule has 0 fully saturated rings. The molecule has 0 bridgehead atoms. The van der Waals surface area contributed by atoms with E-state index in [1.54, 1.807) is 0 Å². The SMILES string of the molecule is Cc1cc2cc(CNC(=O)C(c3ccccc3)N(C)C)c(=O)[nH]c2cc1C. The summed E-state index contributed by atoms with van der Waals surface area (Å²) in [5, 5.41) is 3.88. The molecule has 0 spiro atoms. The number of hydrogen-bond acceptors (Lipinski definition) is 3. The van der Waals surface area contributed by atoms with Crippen molar-refractivity contribution in [3.05, 3.63) is 81.1 Å². The van der Waals surface area contributed by atoms with Gasteiger partial charge in [0, 0.05) is 17.6 Å². The van der Waals surface area contributed by atoms with Crippen LogP contribution in [-0.2, 0) is 11.3 Å². The van der Waals surface area contributed by atoms with Crippen molar-refractivity contribution in [2.45, 2.75) is 26.4 Å². The number of aryl methyl sites for hydroxylation is 2. The van der Waals surface area contributed by atoms with Crippen LogP contribution in [0.3, 0.4) is 0 Å². The summed E-state index contributed by atoms with van der Waals surface area (Å²) in [6.45, 7) is 4.25. The van der Waals surface area contributed by atoms with Crippen molar-refractivity contribution in [2.75, 3.05) is 14.1 Å². The van der Waals surface area contributed by atoms with Crippen LogP contribution in [0, 0.1) is 13.8 Å². The van der Waals surface area contributed by atoms with Gasteiger partial charge in [-0.25, -0.2) is 0 Å². The zero-order chi connectivity index (χ0) is 19.6. The number of amides is 1. The van der Waals surface area contributed by atoms with Crippen LogP contribution in [0.2, 0.25) is 0 Å². The fraction of sp³-hybridized carbons (Fsp3) is 0.273. The Balaban J connectivity index is 1.83. The predicted molar refractivity (Wildman–Crippen MR) is 109 cm³/mol. The molecule has 0 saturated carbocycles. The first-order chi connectivity index (χ1) is 12.9. The first-order valence-electron chi connectivity index (χ1n) is 8.99. The molecule has 0 aliphatic heterocycles. The van der Waals surface area contributed by atoms with Gasteiger partial charge in [0.05, 0.1) is 0 Å². The van der Waals surface area contributed by atoms with Crippen LogP contribution in [0.25, 0.3) is 10.9 Å². The average molecular weight is 363 g/mol. The molecule has 140 valence electrons. The minimum absolute atomic E-state index is 0.134. The topological polar surface area (TPSA) is 65.2 Å². The molecule has 2 N–H and O–H groups in total. The number of carbonyl (C=O) groups is 1. The Bertz CT molecular complexity index is 1020. The molecule has 0 aliphatic carbocycles. The number of rotatable bonds is 5. The van der Waals surface area contributed by atoms with Gasteiger partial charge in [-0.05, 0) is 68.2 Å². The van der Waals surface area contributed by atoms with E-state index in [0.717, 1.165) is 22.0 Å². The lowest BCUT2D eigenvalue weighted by atomic mass is 10.0. The number of aromatic amines is 1. The van der Waals surface area contributed by atoms with E-state index >= 15 is 0 Å². The van der Waals surface area contributed by atoms with Crippen molar-refractivity contribution >= 4 is 16.8 Å². The van der Waals surface area contributed by atoms with Crippen LogP contribution in [0.5, 0.6) is 0 Å². The van der Waals surface area contributed by atoms with E-state index < -0.39 is 6.04 Å². The van der Waals surface area contributed by atoms with Crippen molar-refractivity contribution in [3.8, 4) is 0 Å². The van der Waals surface area contributed by atoms with Crippen LogP contribution in [0.4, 0.5) is 0 Å². The van der Waals surface area contributed by atoms with Crippen molar-refractivity contribution in [1.29, 1.82) is 0 Å². The van der Waals surface area contributed by atoms with Gasteiger partial charge in [-0.15, -0.1) is 0 Å². The Morgan fingerprint density at radius 1 is 1.07 bits per heavy atom. The molecule has 27 heavy (non-hydrogen) atoms. The third-order valence-electron chi connectivity index (χ3n) is 4.87. The van der Waals surface area contributed by atoms with Crippen LogP contribution >= 0.6 is 0 Å². The first-order valence-corrected chi connectivity index (χ1v) is 8.99. The summed E-state index contributed by atoms with van der Waals surface area (Å²) in [5.41, 5.74) is 4.40. The summed E-state index contributed by atoms with van der Waals surface area (Å²) >= 11 is 0. The maximum absolute atomic E-state index is 12.8. The molecule has 1 unspecified atom stereocenters. The van der Waals surface area contributed by atoms with Gasteiger partial charge in [-0.2, -0.15) is 0 Å². The number of hydrogen-bond donors (Lipinski definition) is 2. The second kappa shape index (κ2) is 7.76. The number of likely N-dealkylation sites (N-methyl/N-ethyl adjacent to an activating group) is 1. The van der Waals surface area contributed by atoms with Crippen molar-refractivity contribution in [3.63, 3.8) is 0 Å². The van der Waals surface area contributed by atoms with Gasteiger partial charge in [0.1, 0.15) is 6.04 Å². The summed E-state index contributed by atoms with van der Waals surface area (Å²) in [7, 11) is 3.73. The normalized spacial score (nSPS) is 12.3. The van der Waals surface area contributed by atoms with E-state index in [-0.39, 0.29) is 18.0 Å². The van der Waals surface area contributed by atoms with E-state index in [1.165, 1.54) is 5.56 Å². The number of nitrogens with one attached hydrogen (secondary N) is 2. The summed E-state index contributed by atoms with van der Waals surface area (Å²) in [6.07, 6.45) is 0. The molecular weight excluding hydrogens is 338 g/mol. The maximum atomic E-state index is 12.8. The molecule has 5 nitrogen and oxygen atoms in total. The highest BCUT2D eigenvalue weighted by atomic mass is 16.2. The first kappa shape index (κ1) is 18.9. The smallest absolute Gasteiger partial charge is 0.253 e. The molecule has 3 aromatic rings. The summed E-state index contributed by atoms with van der Waals surface area (Å²) < 4.78 is 0. The number of aromatic nitrogens is 1. The molecule has 0 saturated heterocycles. The van der Waals surface area contributed by atoms with Crippen LogP contribution in [0.15, 0.2) is 53.3 Å². The largest absolute Gasteiger partial charge is 0.350 e. The lowest BCUT2D eigenvalue weighted by molar-refractivity contribution is -0.125. The monoisotopic (exact) mass is 363 g/mol. The van der Waals surface area contributed by atoms with Crippen molar-refractivity contribution in [1.82, 2.24) is 15.2 Å². The minimum Gasteiger partial charge on any atom is -0.350 e. The molecule has 1 amide bonds. The molecule has 0 radical (unpaired) electrons. The van der Waals surface area contributed by atoms with E-state index in [0.29, 0.717) is 5.56 Å². The van der Waals surface area contributed by atoms with Crippen LogP contribution in [-0.4, -0.2) is 29.9 Å². The lowest BCUT2D eigenvalue weighted by Gasteiger charge is -2.23. The Labute approximate surface area is 159 Å². The summed E-state index contributed by atoms with van der Waals surface area (Å²) in [5.74, 6) is -0.134. The number of pyridine rings is 1. The van der Waals surface area contributed by atoms with E-state index in [4.69, 9.17) is 0 Å². The second-order valence-electron chi connectivity index (χ2n) is 7.14. The Morgan fingerprint density at radius 3 is 2.41 bits per heavy atom. The molecule has 1 aromatic heterocycles. The van der Waals surface area contributed by atoms with Gasteiger partial charge in [-0.1, -0.05) is 30.3 Å². The van der Waals surface area contributed by atoms with Gasteiger partial charge in [0.25, 0.3) is 5.56 Å². The summed E-state index contributed by atoms with van der Waals surface area (Å²) in [4.78, 5) is 29.9. The van der Waals surface area contributed by atoms with Gasteiger partial charge < -0.3 is 10.3 Å². The summed E-state index contributed by atoms with van der Waals surface area (Å²) in [6, 6.07) is 15.1. The van der Waals surface area contributed by atoms with Crippen LogP contribution < -0.4 is 10.9 Å². The molecule has 2 aromatic carbocycles. The average Bonchev–Trinajstić information content (AvgIpc) is 2.62. The highest BCUT2D eigenvalue weighted by molar-refractivity contribution is 5.83. The highest BCUT2D eigenvalue weighted by Gasteiger charge is 2.22. The molecule has 0 aliphatic rings. The predicted octanol–water partition coefficient (Wildman–Crippen LogP) is 3.06. The molecule has 1 atom stereocenters. The van der Waals surface area contributed by atoms with Gasteiger partial charge in [-0.3, -0.25) is 14.5 Å². The van der Waals surface area contributed by atoms with E-state index in [2.05, 4.69) is 16.4 Å². The maximum Gasteiger partial charge on any atom is 0.253 e. The Hall–Kier alpha value is -2.92. The number of benzene rings is 2. The number of H-pyrrole nitrogens is 1. The van der Waals surface area contributed by atoms with E-state index in [9.17, 15) is 9.59 Å². The lowest BCUT2D eigenvalue weighted by Crippen LogP contribution is -2.37. The molecule has 5 heteroatoms. The Morgan fingerprint density at radius 2 is 1.74 bits per heavy atom. The van der Waals surface area contributed by atoms with Crippen molar-refractivity contribution in [2.24, 2.45) is 0 Å². The van der Waals surface area contributed by atoms with Gasteiger partial charge >= 0.3 is 0 Å². The zero-order valence-corrected chi connectivity index (χ0v) is 16.2. The zero-order valence-electron chi connectivity index (χ0n) is 16.2. The van der Waals surface area contributed by atoms with E-state index in [1.807, 2.05) is 75.3 Å². The number of nitrogens with zero attached hydrogens (tertiary/aromatic N) is 1. The quantitative estimate of drug-likeness (QED) is 0.732. The highest BCUT2D eigenvalue weighted by Crippen LogP contribution is 2.19. The number of carbonyl (C=O) groups excluding carboxylic acids is 1. The van der Waals surface area contributed by atoms with Crippen LogP contribution in [0.1, 0.15) is 28.3 Å². The second-order valence-corrected chi connectivity index (χ2v) is 7.14. The molecule has 1 heterocycles. The molecule has 3 rings (SSSR count). The molecular formula is C22H25N3O2. The third kappa shape index (κ3) is 4.09. The fourth-order valence-corrected chi connectivity index (χ4v) is 3.25. The third-order valence-corrected chi connectivity index (χ3v) is 4.87.